The van der Waals surface area contributed by atoms with E-state index in [4.69, 9.17) is 9.47 Å². The van der Waals surface area contributed by atoms with Crippen molar-refractivity contribution < 1.29 is 27.6 Å². The number of hydrogen-bond donors (Lipinski definition) is 1. The van der Waals surface area contributed by atoms with E-state index in [1.54, 1.807) is 20.8 Å². The maximum atomic E-state index is 12.8. The Kier molecular flexibility index (Phi) is 5.03. The number of alkyl carbamates (subject to hydrolysis) is 1. The number of nitro benzene ring substituents is 1. The van der Waals surface area contributed by atoms with E-state index in [0.29, 0.717) is 11.1 Å². The smallest absolute Gasteiger partial charge is 0.414 e. The number of carbonyl (C=O) groups excluding carboxylic acids is 1. The fraction of sp³-hybridized carbons (Fsp3) is 0.529. The number of non-ortho nitro benzene ring substituents is 1. The number of amides is 1. The fourth-order valence-corrected chi connectivity index (χ4v) is 4.64. The Hall–Kier alpha value is -2.73. The van der Waals surface area contributed by atoms with E-state index in [1.807, 2.05) is 0 Å². The minimum atomic E-state index is -3.90. The van der Waals surface area contributed by atoms with Crippen LogP contribution in [-0.4, -0.2) is 54.7 Å². The van der Waals surface area contributed by atoms with Gasteiger partial charge < -0.3 is 9.47 Å². The number of ether oxygens (including phenoxy) is 2. The molecular formula is C17H22N4O7S. The molecule has 1 amide bonds. The van der Waals surface area contributed by atoms with Gasteiger partial charge >= 0.3 is 6.09 Å². The number of sulfonamides is 1. The Balaban J connectivity index is 2.09. The third-order valence-electron chi connectivity index (χ3n) is 4.47. The number of guanidine groups is 1. The summed E-state index contributed by atoms with van der Waals surface area (Å²) in [7, 11) is -2.64. The van der Waals surface area contributed by atoms with E-state index in [0.717, 1.165) is 4.31 Å². The summed E-state index contributed by atoms with van der Waals surface area (Å²) in [5.74, 6) is -0.696. The summed E-state index contributed by atoms with van der Waals surface area (Å²) < 4.78 is 37.2. The van der Waals surface area contributed by atoms with Crippen molar-refractivity contribution in [1.29, 1.82) is 0 Å². The monoisotopic (exact) mass is 426 g/mol. The predicted octanol–water partition coefficient (Wildman–Crippen LogP) is 1.48. The third-order valence-corrected chi connectivity index (χ3v) is 6.32. The number of aliphatic imine (C=N–C) groups is 1. The molecule has 1 aromatic carbocycles. The molecule has 2 aliphatic heterocycles. The Morgan fingerprint density at radius 3 is 2.72 bits per heavy atom. The number of nitrogens with zero attached hydrogens (tertiary/aromatic N) is 3. The van der Waals surface area contributed by atoms with Gasteiger partial charge in [0.05, 0.1) is 18.1 Å². The van der Waals surface area contributed by atoms with E-state index in [2.05, 4.69) is 10.3 Å². The molecule has 0 saturated heterocycles. The van der Waals surface area contributed by atoms with Crippen LogP contribution in [0.2, 0.25) is 0 Å². The van der Waals surface area contributed by atoms with Crippen molar-refractivity contribution in [2.24, 2.45) is 4.99 Å². The van der Waals surface area contributed by atoms with Gasteiger partial charge in [0.15, 0.2) is 0 Å². The summed E-state index contributed by atoms with van der Waals surface area (Å²) >= 11 is 0. The molecular weight excluding hydrogens is 404 g/mol. The zero-order valence-corrected chi connectivity index (χ0v) is 17.3. The van der Waals surface area contributed by atoms with E-state index < -0.39 is 37.9 Å². The number of carbonyl (C=O) groups is 1. The second-order valence-corrected chi connectivity index (χ2v) is 9.91. The van der Waals surface area contributed by atoms with Gasteiger partial charge in [-0.2, -0.15) is 0 Å². The van der Waals surface area contributed by atoms with Crippen molar-refractivity contribution in [2.45, 2.75) is 38.5 Å². The normalized spacial score (nSPS) is 23.2. The molecule has 2 heterocycles. The summed E-state index contributed by atoms with van der Waals surface area (Å²) in [6, 6.07) is 4.16. The van der Waals surface area contributed by atoms with Crippen molar-refractivity contribution in [1.82, 2.24) is 9.62 Å². The first-order valence-electron chi connectivity index (χ1n) is 8.75. The van der Waals surface area contributed by atoms with Gasteiger partial charge in [-0.25, -0.2) is 22.5 Å². The molecule has 158 valence electrons. The molecule has 0 aliphatic carbocycles. The number of rotatable bonds is 1. The van der Waals surface area contributed by atoms with Gasteiger partial charge in [0.25, 0.3) is 5.69 Å². The largest absolute Gasteiger partial charge is 0.444 e. The predicted molar refractivity (Wildman–Crippen MR) is 103 cm³/mol. The van der Waals surface area contributed by atoms with Crippen LogP contribution in [0.4, 0.5) is 10.5 Å². The van der Waals surface area contributed by atoms with Crippen LogP contribution in [0, 0.1) is 10.1 Å². The van der Waals surface area contributed by atoms with Crippen LogP contribution in [0.25, 0.3) is 0 Å². The molecule has 0 fully saturated rings. The minimum absolute atomic E-state index is 0.103. The molecule has 12 heteroatoms. The van der Waals surface area contributed by atoms with Gasteiger partial charge in [-0.05, 0) is 38.0 Å². The van der Waals surface area contributed by atoms with Crippen molar-refractivity contribution in [2.75, 3.05) is 19.4 Å². The van der Waals surface area contributed by atoms with Crippen molar-refractivity contribution >= 4 is 27.8 Å². The maximum absolute atomic E-state index is 12.8. The Morgan fingerprint density at radius 1 is 1.41 bits per heavy atom. The van der Waals surface area contributed by atoms with Crippen LogP contribution in [0.5, 0.6) is 0 Å². The molecule has 0 radical (unpaired) electrons. The second-order valence-electron chi connectivity index (χ2n) is 7.91. The van der Waals surface area contributed by atoms with Gasteiger partial charge in [0.2, 0.25) is 16.0 Å². The zero-order chi connectivity index (χ0) is 21.6. The quantitative estimate of drug-likeness (QED) is 0.530. The molecule has 1 spiro atoms. The van der Waals surface area contributed by atoms with Crippen LogP contribution < -0.4 is 5.32 Å². The molecule has 1 N–H and O–H groups in total. The first-order valence-corrected chi connectivity index (χ1v) is 10.4. The lowest BCUT2D eigenvalue weighted by molar-refractivity contribution is -0.385. The summed E-state index contributed by atoms with van der Waals surface area (Å²) in [6.45, 7) is 5.08. The standard InChI is InChI=1S/C17H22N4O7S/c1-16(2,3)28-15(22)18-14-19-17(10-29(25,26)20(14)4)9-27-8-11-5-6-12(21(23)24)7-13(11)17/h5-7H,8-10H2,1-4H3,(H,18,19,22)/t17-/m0/s1. The maximum Gasteiger partial charge on any atom is 0.414 e. The lowest BCUT2D eigenvalue weighted by Gasteiger charge is -2.40. The van der Waals surface area contributed by atoms with E-state index in [1.165, 1.54) is 25.2 Å². The van der Waals surface area contributed by atoms with E-state index in [9.17, 15) is 23.3 Å². The average molecular weight is 426 g/mol. The number of nitrogens with one attached hydrogen (secondary N) is 1. The highest BCUT2D eigenvalue weighted by Crippen LogP contribution is 2.39. The van der Waals surface area contributed by atoms with Crippen molar-refractivity contribution in [3.8, 4) is 0 Å². The van der Waals surface area contributed by atoms with Crippen LogP contribution in [-0.2, 0) is 31.6 Å². The molecule has 1 aromatic rings. The SMILES string of the molecule is CN1C(NC(=O)OC(C)(C)C)=N[C@@]2(COCc3ccc([N+](=O)[O-])cc32)CS1(=O)=O. The minimum Gasteiger partial charge on any atom is -0.444 e. The molecule has 0 unspecified atom stereocenters. The number of benzene rings is 1. The first-order chi connectivity index (χ1) is 13.3. The van der Waals surface area contributed by atoms with Gasteiger partial charge in [-0.3, -0.25) is 15.4 Å². The Bertz CT molecular complexity index is 1000. The van der Waals surface area contributed by atoms with Gasteiger partial charge in [-0.15, -0.1) is 0 Å². The topological polar surface area (TPSA) is 140 Å². The lowest BCUT2D eigenvalue weighted by Crippen LogP contribution is -2.56. The summed E-state index contributed by atoms with van der Waals surface area (Å²) in [5.41, 5.74) is -1.41. The van der Waals surface area contributed by atoms with Gasteiger partial charge in [0.1, 0.15) is 16.9 Å². The molecule has 0 aromatic heterocycles. The van der Waals surface area contributed by atoms with Crippen LogP contribution >= 0.6 is 0 Å². The number of nitro groups is 1. The molecule has 29 heavy (non-hydrogen) atoms. The number of hydrogen-bond acceptors (Lipinski definition) is 8. The van der Waals surface area contributed by atoms with Crippen LogP contribution in [0.3, 0.4) is 0 Å². The third kappa shape index (κ3) is 4.17. The summed E-state index contributed by atoms with van der Waals surface area (Å²) in [5, 5.41) is 13.6. The van der Waals surface area contributed by atoms with Crippen molar-refractivity contribution in [3.63, 3.8) is 0 Å². The van der Waals surface area contributed by atoms with Crippen molar-refractivity contribution in [3.05, 3.63) is 39.4 Å². The molecule has 2 aliphatic rings. The molecule has 1 atom stereocenters. The van der Waals surface area contributed by atoms with Crippen LogP contribution in [0.15, 0.2) is 23.2 Å². The highest BCUT2D eigenvalue weighted by molar-refractivity contribution is 7.89. The molecule has 0 saturated carbocycles. The van der Waals surface area contributed by atoms with E-state index in [-0.39, 0.29) is 24.9 Å². The Morgan fingerprint density at radius 2 is 2.10 bits per heavy atom. The second kappa shape index (κ2) is 6.95. The van der Waals surface area contributed by atoms with Gasteiger partial charge in [-0.1, -0.05) is 0 Å². The summed E-state index contributed by atoms with van der Waals surface area (Å²) in [6.07, 6.45) is -0.869. The van der Waals surface area contributed by atoms with E-state index >= 15 is 0 Å². The molecule has 0 bridgehead atoms. The number of fused-ring (bicyclic) bond motifs is 2. The highest BCUT2D eigenvalue weighted by Gasteiger charge is 2.48. The Labute approximate surface area is 167 Å². The molecule has 11 nitrogen and oxygen atoms in total. The average Bonchev–Trinajstić information content (AvgIpc) is 2.57. The molecule has 3 rings (SSSR count). The van der Waals surface area contributed by atoms with Gasteiger partial charge in [0, 0.05) is 19.2 Å². The lowest BCUT2D eigenvalue weighted by atomic mass is 9.87. The summed E-state index contributed by atoms with van der Waals surface area (Å²) in [4.78, 5) is 27.3. The van der Waals surface area contributed by atoms with Crippen LogP contribution in [0.1, 0.15) is 31.9 Å². The first kappa shape index (κ1) is 21.0. The zero-order valence-electron chi connectivity index (χ0n) is 16.5. The fourth-order valence-electron chi connectivity index (χ4n) is 3.19. The highest BCUT2D eigenvalue weighted by atomic mass is 32.2.